The number of halogens is 5. The van der Waals surface area contributed by atoms with Gasteiger partial charge in [0, 0.05) is 16.8 Å². The molecule has 0 spiro atoms. The third-order valence-electron chi connectivity index (χ3n) is 5.26. The third-order valence-corrected chi connectivity index (χ3v) is 7.75. The highest BCUT2D eigenvalue weighted by Gasteiger charge is 2.35. The monoisotopic (exact) mass is 508 g/mol. The first-order chi connectivity index (χ1) is 15.0. The number of nitrogens with one attached hydrogen (secondary N) is 1. The molecule has 0 radical (unpaired) electrons. The molecule has 0 bridgehead atoms. The number of nitrogens with zero attached hydrogens (tertiary/aromatic N) is 1. The number of anilines is 1. The number of alkyl halides is 3. The number of carbonyl (C=O) groups excluding carboxylic acids is 1. The average Bonchev–Trinajstić information content (AvgIpc) is 2.73. The standard InChI is InChI=1S/C21H21Cl2F3N2O3S/c22-14-6-9-17(10-7-14)32(30,31)28(16-4-2-1-3-5-16)13-20(29)27-15-8-11-19(23)18(12-15)21(24,25)26/h6-12,16H,1-5,13H2,(H,27,29). The van der Waals surface area contributed by atoms with E-state index in [0.29, 0.717) is 17.9 Å². The molecule has 32 heavy (non-hydrogen) atoms. The molecule has 0 aromatic heterocycles. The first kappa shape index (κ1) is 24.8. The zero-order valence-electron chi connectivity index (χ0n) is 16.8. The van der Waals surface area contributed by atoms with Gasteiger partial charge in [-0.15, -0.1) is 0 Å². The van der Waals surface area contributed by atoms with Crippen LogP contribution in [0.3, 0.4) is 0 Å². The minimum atomic E-state index is -4.69. The maximum absolute atomic E-state index is 13.3. The van der Waals surface area contributed by atoms with Crippen LogP contribution in [0.25, 0.3) is 0 Å². The SMILES string of the molecule is O=C(CN(C1CCCCC1)S(=O)(=O)c1ccc(Cl)cc1)Nc1ccc(Cl)c(C(F)(F)F)c1. The Morgan fingerprint density at radius 3 is 2.25 bits per heavy atom. The van der Waals surface area contributed by atoms with Gasteiger partial charge in [0.15, 0.2) is 0 Å². The van der Waals surface area contributed by atoms with Gasteiger partial charge >= 0.3 is 6.18 Å². The van der Waals surface area contributed by atoms with Crippen molar-refractivity contribution in [2.45, 2.75) is 49.2 Å². The molecule has 1 saturated carbocycles. The van der Waals surface area contributed by atoms with E-state index in [-0.39, 0.29) is 16.6 Å². The van der Waals surface area contributed by atoms with Crippen LogP contribution in [0.2, 0.25) is 10.0 Å². The second-order valence-corrected chi connectivity index (χ2v) is 10.3. The maximum Gasteiger partial charge on any atom is 0.417 e. The molecule has 174 valence electrons. The Morgan fingerprint density at radius 1 is 1.03 bits per heavy atom. The van der Waals surface area contributed by atoms with Gasteiger partial charge in [0.05, 0.1) is 22.0 Å². The number of hydrogen-bond acceptors (Lipinski definition) is 3. The summed E-state index contributed by atoms with van der Waals surface area (Å²) >= 11 is 11.5. The van der Waals surface area contributed by atoms with Gasteiger partial charge in [-0.25, -0.2) is 8.42 Å². The first-order valence-electron chi connectivity index (χ1n) is 9.92. The number of benzene rings is 2. The van der Waals surface area contributed by atoms with Crippen LogP contribution in [0, 0.1) is 0 Å². The van der Waals surface area contributed by atoms with Crippen molar-refractivity contribution in [1.29, 1.82) is 0 Å². The lowest BCUT2D eigenvalue weighted by Crippen LogP contribution is -2.45. The van der Waals surface area contributed by atoms with Gasteiger partial charge in [-0.05, 0) is 55.3 Å². The Morgan fingerprint density at radius 2 is 1.66 bits per heavy atom. The van der Waals surface area contributed by atoms with E-state index in [0.717, 1.165) is 35.7 Å². The molecule has 0 unspecified atom stereocenters. The fourth-order valence-electron chi connectivity index (χ4n) is 3.68. The highest BCUT2D eigenvalue weighted by atomic mass is 35.5. The van der Waals surface area contributed by atoms with Crippen LogP contribution in [0.1, 0.15) is 37.7 Å². The van der Waals surface area contributed by atoms with E-state index >= 15 is 0 Å². The van der Waals surface area contributed by atoms with E-state index in [2.05, 4.69) is 5.32 Å². The highest BCUT2D eigenvalue weighted by molar-refractivity contribution is 7.89. The molecule has 11 heteroatoms. The van der Waals surface area contributed by atoms with E-state index < -0.39 is 39.2 Å². The van der Waals surface area contributed by atoms with Gasteiger partial charge in [0.1, 0.15) is 0 Å². The molecule has 0 heterocycles. The predicted octanol–water partition coefficient (Wildman–Crippen LogP) is 5.97. The van der Waals surface area contributed by atoms with Crippen molar-refractivity contribution in [2.75, 3.05) is 11.9 Å². The summed E-state index contributed by atoms with van der Waals surface area (Å²) in [6.45, 7) is -0.528. The predicted molar refractivity (Wildman–Crippen MR) is 117 cm³/mol. The lowest BCUT2D eigenvalue weighted by molar-refractivity contribution is -0.137. The van der Waals surface area contributed by atoms with Gasteiger partial charge in [0.25, 0.3) is 0 Å². The second kappa shape index (κ2) is 9.99. The van der Waals surface area contributed by atoms with Crippen LogP contribution in [-0.4, -0.2) is 31.2 Å². The molecule has 3 rings (SSSR count). The molecular formula is C21H21Cl2F3N2O3S. The lowest BCUT2D eigenvalue weighted by Gasteiger charge is -2.33. The zero-order chi connectivity index (χ0) is 23.5. The summed E-state index contributed by atoms with van der Waals surface area (Å²) in [5.41, 5.74) is -1.21. The summed E-state index contributed by atoms with van der Waals surface area (Å²) in [6, 6.07) is 8.21. The molecular weight excluding hydrogens is 488 g/mol. The summed E-state index contributed by atoms with van der Waals surface area (Å²) in [5.74, 6) is -0.747. The first-order valence-corrected chi connectivity index (χ1v) is 12.1. The van der Waals surface area contributed by atoms with Crippen molar-refractivity contribution in [3.63, 3.8) is 0 Å². The van der Waals surface area contributed by atoms with Crippen molar-refractivity contribution < 1.29 is 26.4 Å². The molecule has 1 aliphatic carbocycles. The Balaban J connectivity index is 1.85. The van der Waals surface area contributed by atoms with Crippen molar-refractivity contribution in [3.05, 3.63) is 58.1 Å². The molecule has 0 atom stereocenters. The van der Waals surface area contributed by atoms with Crippen LogP contribution >= 0.6 is 23.2 Å². The van der Waals surface area contributed by atoms with Crippen molar-refractivity contribution >= 4 is 44.8 Å². The van der Waals surface area contributed by atoms with E-state index in [4.69, 9.17) is 23.2 Å². The topological polar surface area (TPSA) is 66.5 Å². The molecule has 0 saturated heterocycles. The summed E-state index contributed by atoms with van der Waals surface area (Å²) in [4.78, 5) is 12.7. The molecule has 1 amide bonds. The van der Waals surface area contributed by atoms with Crippen LogP contribution in [0.4, 0.5) is 18.9 Å². The van der Waals surface area contributed by atoms with Crippen molar-refractivity contribution in [2.24, 2.45) is 0 Å². The van der Waals surface area contributed by atoms with E-state index in [1.54, 1.807) is 0 Å². The zero-order valence-corrected chi connectivity index (χ0v) is 19.2. The molecule has 0 aliphatic heterocycles. The third kappa shape index (κ3) is 5.95. The molecule has 1 fully saturated rings. The molecule has 1 aliphatic rings. The quantitative estimate of drug-likeness (QED) is 0.522. The van der Waals surface area contributed by atoms with Crippen LogP contribution in [0.15, 0.2) is 47.4 Å². The van der Waals surface area contributed by atoms with Crippen LogP contribution in [-0.2, 0) is 21.0 Å². The van der Waals surface area contributed by atoms with Gasteiger partial charge in [-0.2, -0.15) is 17.5 Å². The summed E-state index contributed by atoms with van der Waals surface area (Å²) in [6.07, 6.45) is -0.874. The maximum atomic E-state index is 13.3. The van der Waals surface area contributed by atoms with Crippen molar-refractivity contribution in [3.8, 4) is 0 Å². The van der Waals surface area contributed by atoms with E-state index in [1.165, 1.54) is 30.3 Å². The van der Waals surface area contributed by atoms with E-state index in [9.17, 15) is 26.4 Å². The highest BCUT2D eigenvalue weighted by Crippen LogP contribution is 2.36. The number of sulfonamides is 1. The second-order valence-electron chi connectivity index (χ2n) is 7.54. The summed E-state index contributed by atoms with van der Waals surface area (Å²) in [5, 5.41) is 2.23. The minimum absolute atomic E-state index is 0.00822. The normalized spacial score (nSPS) is 15.7. The Bertz CT molecular complexity index is 1070. The smallest absolute Gasteiger partial charge is 0.325 e. The molecule has 1 N–H and O–H groups in total. The lowest BCUT2D eigenvalue weighted by atomic mass is 9.95. The van der Waals surface area contributed by atoms with Gasteiger partial charge < -0.3 is 5.32 Å². The summed E-state index contributed by atoms with van der Waals surface area (Å²) < 4.78 is 67.0. The fraction of sp³-hybridized carbons (Fsp3) is 0.381. The Hall–Kier alpha value is -1.81. The number of hydrogen-bond donors (Lipinski definition) is 1. The molecule has 2 aromatic carbocycles. The fourth-order valence-corrected chi connectivity index (χ4v) is 5.68. The largest absolute Gasteiger partial charge is 0.417 e. The summed E-state index contributed by atoms with van der Waals surface area (Å²) in [7, 11) is -4.03. The number of rotatable bonds is 6. The van der Waals surface area contributed by atoms with Gasteiger partial charge in [0.2, 0.25) is 15.9 Å². The average molecular weight is 509 g/mol. The van der Waals surface area contributed by atoms with Crippen molar-refractivity contribution in [1.82, 2.24) is 4.31 Å². The van der Waals surface area contributed by atoms with Crippen LogP contribution in [0.5, 0.6) is 0 Å². The molecule has 2 aromatic rings. The number of amides is 1. The van der Waals surface area contributed by atoms with Gasteiger partial charge in [-0.3, -0.25) is 4.79 Å². The minimum Gasteiger partial charge on any atom is -0.325 e. The Kier molecular flexibility index (Phi) is 7.75. The Labute approximate surface area is 194 Å². The van der Waals surface area contributed by atoms with Crippen LogP contribution < -0.4 is 5.32 Å². The number of carbonyl (C=O) groups is 1. The van der Waals surface area contributed by atoms with Gasteiger partial charge in [-0.1, -0.05) is 42.5 Å². The van der Waals surface area contributed by atoms with E-state index in [1.807, 2.05) is 0 Å². The molecule has 5 nitrogen and oxygen atoms in total.